The summed E-state index contributed by atoms with van der Waals surface area (Å²) in [6.07, 6.45) is 0.956. The van der Waals surface area contributed by atoms with Gasteiger partial charge in [-0.2, -0.15) is 5.26 Å². The first-order chi connectivity index (χ1) is 7.74. The zero-order valence-electron chi connectivity index (χ0n) is 9.28. The van der Waals surface area contributed by atoms with Crippen molar-refractivity contribution in [3.05, 3.63) is 28.8 Å². The molecule has 1 N–H and O–H groups in total. The molecule has 1 rings (SSSR count). The summed E-state index contributed by atoms with van der Waals surface area (Å²) in [5, 5.41) is 18.5. The van der Waals surface area contributed by atoms with Crippen molar-refractivity contribution >= 4 is 17.3 Å². The molecular weight excluding hydrogens is 224 g/mol. The summed E-state index contributed by atoms with van der Waals surface area (Å²) in [6, 6.07) is 7.48. The second kappa shape index (κ2) is 6.37. The van der Waals surface area contributed by atoms with E-state index in [0.717, 1.165) is 18.7 Å². The maximum absolute atomic E-state index is 9.06. The molecule has 0 spiro atoms. The summed E-state index contributed by atoms with van der Waals surface area (Å²) in [4.78, 5) is 1.98. The molecule has 0 unspecified atom stereocenters. The van der Waals surface area contributed by atoms with Crippen molar-refractivity contribution in [2.24, 2.45) is 0 Å². The van der Waals surface area contributed by atoms with E-state index in [4.69, 9.17) is 22.0 Å². The van der Waals surface area contributed by atoms with Crippen LogP contribution < -0.4 is 4.90 Å². The van der Waals surface area contributed by atoms with E-state index < -0.39 is 0 Å². The Labute approximate surface area is 101 Å². The third-order valence-corrected chi connectivity index (χ3v) is 2.62. The summed E-state index contributed by atoms with van der Waals surface area (Å²) < 4.78 is 0. The van der Waals surface area contributed by atoms with Gasteiger partial charge in [0.05, 0.1) is 22.9 Å². The van der Waals surface area contributed by atoms with Crippen LogP contribution in [0.15, 0.2) is 18.2 Å². The van der Waals surface area contributed by atoms with E-state index in [0.29, 0.717) is 17.1 Å². The van der Waals surface area contributed by atoms with E-state index in [9.17, 15) is 0 Å². The molecule has 0 aliphatic rings. The predicted octanol–water partition coefficient (Wildman–Crippen LogP) is 2.42. The highest BCUT2D eigenvalue weighted by atomic mass is 35.5. The number of aliphatic hydroxyl groups is 1. The topological polar surface area (TPSA) is 47.3 Å². The normalized spacial score (nSPS) is 9.88. The maximum atomic E-state index is 9.06. The third-order valence-electron chi connectivity index (χ3n) is 2.31. The average Bonchev–Trinajstić information content (AvgIpc) is 2.28. The van der Waals surface area contributed by atoms with Crippen LogP contribution in [0.1, 0.15) is 18.9 Å². The SMILES string of the molecule is CCCN(CCO)c1cccc(Cl)c1C#N. The van der Waals surface area contributed by atoms with Crippen LogP contribution >= 0.6 is 11.6 Å². The number of hydrogen-bond donors (Lipinski definition) is 1. The van der Waals surface area contributed by atoms with E-state index in [1.165, 1.54) is 0 Å². The Morgan fingerprint density at radius 2 is 2.19 bits per heavy atom. The lowest BCUT2D eigenvalue weighted by Crippen LogP contribution is -2.28. The Morgan fingerprint density at radius 1 is 1.44 bits per heavy atom. The van der Waals surface area contributed by atoms with Crippen molar-refractivity contribution in [1.82, 2.24) is 0 Å². The highest BCUT2D eigenvalue weighted by Crippen LogP contribution is 2.26. The van der Waals surface area contributed by atoms with Gasteiger partial charge in [-0.3, -0.25) is 0 Å². The quantitative estimate of drug-likeness (QED) is 0.857. The van der Waals surface area contributed by atoms with Gasteiger partial charge in [-0.05, 0) is 18.6 Å². The van der Waals surface area contributed by atoms with Gasteiger partial charge in [0.15, 0.2) is 0 Å². The summed E-state index contributed by atoms with van der Waals surface area (Å²) >= 11 is 5.96. The van der Waals surface area contributed by atoms with E-state index in [2.05, 4.69) is 13.0 Å². The van der Waals surface area contributed by atoms with Crippen LogP contribution in [0, 0.1) is 11.3 Å². The molecule has 0 amide bonds. The van der Waals surface area contributed by atoms with Gasteiger partial charge in [0.2, 0.25) is 0 Å². The minimum Gasteiger partial charge on any atom is -0.395 e. The molecule has 0 aliphatic carbocycles. The van der Waals surface area contributed by atoms with E-state index in [1.54, 1.807) is 6.07 Å². The zero-order chi connectivity index (χ0) is 12.0. The molecule has 0 saturated heterocycles. The van der Waals surface area contributed by atoms with Crippen LogP contribution in [0.2, 0.25) is 5.02 Å². The Hall–Kier alpha value is -1.24. The fraction of sp³-hybridized carbons (Fsp3) is 0.417. The fourth-order valence-corrected chi connectivity index (χ4v) is 1.84. The maximum Gasteiger partial charge on any atom is 0.103 e. The molecule has 0 heterocycles. The van der Waals surface area contributed by atoms with Crippen molar-refractivity contribution in [3.8, 4) is 6.07 Å². The van der Waals surface area contributed by atoms with Gasteiger partial charge in [0.1, 0.15) is 6.07 Å². The van der Waals surface area contributed by atoms with Gasteiger partial charge < -0.3 is 10.0 Å². The molecule has 3 nitrogen and oxygen atoms in total. The minimum atomic E-state index is 0.0668. The Morgan fingerprint density at radius 3 is 2.75 bits per heavy atom. The number of anilines is 1. The van der Waals surface area contributed by atoms with Crippen LogP contribution in [0.4, 0.5) is 5.69 Å². The highest BCUT2D eigenvalue weighted by Gasteiger charge is 2.12. The molecule has 1 aromatic carbocycles. The van der Waals surface area contributed by atoms with Gasteiger partial charge in [-0.1, -0.05) is 24.6 Å². The molecular formula is C12H15ClN2O. The van der Waals surface area contributed by atoms with Crippen LogP contribution in [0.5, 0.6) is 0 Å². The molecule has 4 heteroatoms. The average molecular weight is 239 g/mol. The number of nitriles is 1. The first kappa shape index (κ1) is 12.8. The predicted molar refractivity (Wildman–Crippen MR) is 65.8 cm³/mol. The Balaban J connectivity index is 3.08. The zero-order valence-corrected chi connectivity index (χ0v) is 10.0. The largest absolute Gasteiger partial charge is 0.395 e. The second-order valence-electron chi connectivity index (χ2n) is 3.46. The van der Waals surface area contributed by atoms with Crippen LogP contribution in [0.3, 0.4) is 0 Å². The van der Waals surface area contributed by atoms with Crippen molar-refractivity contribution in [3.63, 3.8) is 0 Å². The molecule has 1 aromatic rings. The number of benzene rings is 1. The number of rotatable bonds is 5. The molecule has 0 atom stereocenters. The van der Waals surface area contributed by atoms with Crippen LogP contribution in [-0.2, 0) is 0 Å². The number of halogens is 1. The van der Waals surface area contributed by atoms with Crippen molar-refractivity contribution < 1.29 is 5.11 Å². The molecule has 0 radical (unpaired) electrons. The van der Waals surface area contributed by atoms with Crippen LogP contribution in [-0.4, -0.2) is 24.8 Å². The van der Waals surface area contributed by atoms with Crippen molar-refractivity contribution in [2.45, 2.75) is 13.3 Å². The lowest BCUT2D eigenvalue weighted by atomic mass is 10.1. The summed E-state index contributed by atoms with van der Waals surface area (Å²) in [5.41, 5.74) is 1.27. The first-order valence-corrected chi connectivity index (χ1v) is 5.66. The monoisotopic (exact) mass is 238 g/mol. The van der Waals surface area contributed by atoms with Gasteiger partial charge in [-0.25, -0.2) is 0 Å². The fourth-order valence-electron chi connectivity index (χ4n) is 1.63. The van der Waals surface area contributed by atoms with E-state index in [1.807, 2.05) is 17.0 Å². The van der Waals surface area contributed by atoms with Gasteiger partial charge in [0.25, 0.3) is 0 Å². The molecule has 0 bridgehead atoms. The Bertz CT molecular complexity index is 381. The number of hydrogen-bond acceptors (Lipinski definition) is 3. The van der Waals surface area contributed by atoms with Gasteiger partial charge in [-0.15, -0.1) is 0 Å². The summed E-state index contributed by atoms with van der Waals surface area (Å²) in [6.45, 7) is 3.44. The standard InChI is InChI=1S/C12H15ClN2O/c1-2-6-15(7-8-16)12-5-3-4-11(13)10(12)9-14/h3-5,16H,2,6-8H2,1H3. The minimum absolute atomic E-state index is 0.0668. The highest BCUT2D eigenvalue weighted by molar-refractivity contribution is 6.32. The molecule has 0 aromatic heterocycles. The third kappa shape index (κ3) is 2.88. The lowest BCUT2D eigenvalue weighted by Gasteiger charge is -2.24. The van der Waals surface area contributed by atoms with Gasteiger partial charge >= 0.3 is 0 Å². The molecule has 16 heavy (non-hydrogen) atoms. The summed E-state index contributed by atoms with van der Waals surface area (Å²) in [7, 11) is 0. The van der Waals surface area contributed by atoms with Crippen LogP contribution in [0.25, 0.3) is 0 Å². The number of nitrogens with zero attached hydrogens (tertiary/aromatic N) is 2. The summed E-state index contributed by atoms with van der Waals surface area (Å²) in [5.74, 6) is 0. The van der Waals surface area contributed by atoms with Crippen molar-refractivity contribution in [2.75, 3.05) is 24.6 Å². The van der Waals surface area contributed by atoms with E-state index in [-0.39, 0.29) is 6.61 Å². The molecule has 86 valence electrons. The molecule has 0 saturated carbocycles. The smallest absolute Gasteiger partial charge is 0.103 e. The lowest BCUT2D eigenvalue weighted by molar-refractivity contribution is 0.302. The Kier molecular flexibility index (Phi) is 5.10. The van der Waals surface area contributed by atoms with E-state index >= 15 is 0 Å². The van der Waals surface area contributed by atoms with Crippen molar-refractivity contribution in [1.29, 1.82) is 5.26 Å². The van der Waals surface area contributed by atoms with Gasteiger partial charge in [0, 0.05) is 13.1 Å². The second-order valence-corrected chi connectivity index (χ2v) is 3.86. The molecule has 0 fully saturated rings. The number of aliphatic hydroxyl groups excluding tert-OH is 1. The first-order valence-electron chi connectivity index (χ1n) is 5.29. The molecule has 0 aliphatic heterocycles.